The average molecular weight is 282 g/mol. The van der Waals surface area contributed by atoms with Gasteiger partial charge in [-0.2, -0.15) is 0 Å². The number of aromatic nitrogens is 1. The monoisotopic (exact) mass is 282 g/mol. The second-order valence-corrected chi connectivity index (χ2v) is 6.57. The van der Waals surface area contributed by atoms with E-state index >= 15 is 0 Å². The first-order chi connectivity index (χ1) is 9.31. The molecular weight excluding hydrogens is 260 g/mol. The second kappa shape index (κ2) is 5.87. The fourth-order valence-electron chi connectivity index (χ4n) is 3.58. The number of aliphatic hydroxyl groups excluding tert-OH is 1. The summed E-state index contributed by atoms with van der Waals surface area (Å²) >= 11 is 1.64. The first-order valence-corrected chi connectivity index (χ1v) is 8.07. The molecule has 1 atom stereocenters. The Morgan fingerprint density at radius 1 is 1.37 bits per heavy atom. The van der Waals surface area contributed by atoms with Crippen molar-refractivity contribution in [1.82, 2.24) is 9.88 Å². The largest absolute Gasteiger partial charge is 0.391 e. The molecule has 5 heteroatoms. The molecule has 2 heterocycles. The van der Waals surface area contributed by atoms with Crippen LogP contribution in [-0.4, -0.2) is 52.9 Å². The van der Waals surface area contributed by atoms with Crippen LogP contribution in [0, 0.1) is 0 Å². The Hall–Kier alpha value is -0.490. The van der Waals surface area contributed by atoms with Crippen molar-refractivity contribution < 1.29 is 9.84 Å². The Bertz CT molecular complexity index is 384. The molecule has 1 N–H and O–H groups in total. The Morgan fingerprint density at radius 2 is 2.11 bits per heavy atom. The average Bonchev–Trinajstić information content (AvgIpc) is 3.11. The lowest BCUT2D eigenvalue weighted by Crippen LogP contribution is -2.58. The zero-order valence-corrected chi connectivity index (χ0v) is 12.1. The van der Waals surface area contributed by atoms with Crippen molar-refractivity contribution >= 4 is 11.3 Å². The van der Waals surface area contributed by atoms with E-state index in [0.29, 0.717) is 0 Å². The molecule has 1 unspecified atom stereocenters. The van der Waals surface area contributed by atoms with Crippen molar-refractivity contribution in [1.29, 1.82) is 0 Å². The summed E-state index contributed by atoms with van der Waals surface area (Å²) in [5.41, 5.74) is 1.83. The summed E-state index contributed by atoms with van der Waals surface area (Å²) < 4.78 is 5.46. The molecule has 0 bridgehead atoms. The van der Waals surface area contributed by atoms with Crippen molar-refractivity contribution in [2.45, 2.75) is 43.7 Å². The first kappa shape index (κ1) is 13.5. The van der Waals surface area contributed by atoms with Gasteiger partial charge in [-0.05, 0) is 12.8 Å². The quantitative estimate of drug-likeness (QED) is 0.913. The number of hydrogen-bond acceptors (Lipinski definition) is 5. The lowest BCUT2D eigenvalue weighted by molar-refractivity contribution is -0.0751. The van der Waals surface area contributed by atoms with Crippen molar-refractivity contribution in [3.63, 3.8) is 0 Å². The standard InChI is InChI=1S/C14H22N2O2S/c17-13(9-12-10-15-11-19-12)14(3-1-2-4-14)16-5-7-18-8-6-16/h10-11,13,17H,1-9H2. The molecule has 1 saturated carbocycles. The van der Waals surface area contributed by atoms with Gasteiger partial charge in [0.15, 0.2) is 0 Å². The fraction of sp³-hybridized carbons (Fsp3) is 0.786. The number of rotatable bonds is 4. The highest BCUT2D eigenvalue weighted by atomic mass is 32.1. The highest BCUT2D eigenvalue weighted by Gasteiger charge is 2.45. The highest BCUT2D eigenvalue weighted by Crippen LogP contribution is 2.39. The van der Waals surface area contributed by atoms with E-state index in [1.54, 1.807) is 11.3 Å². The molecule has 1 aromatic heterocycles. The molecule has 2 fully saturated rings. The third kappa shape index (κ3) is 2.70. The van der Waals surface area contributed by atoms with Gasteiger partial charge in [0, 0.05) is 36.1 Å². The normalized spacial score (nSPS) is 25.5. The van der Waals surface area contributed by atoms with Crippen LogP contribution < -0.4 is 0 Å². The molecule has 4 nitrogen and oxygen atoms in total. The van der Waals surface area contributed by atoms with E-state index in [2.05, 4.69) is 9.88 Å². The van der Waals surface area contributed by atoms with Crippen LogP contribution in [-0.2, 0) is 11.2 Å². The van der Waals surface area contributed by atoms with Crippen LogP contribution in [0.15, 0.2) is 11.7 Å². The summed E-state index contributed by atoms with van der Waals surface area (Å²) in [6, 6.07) is 0. The second-order valence-electron chi connectivity index (χ2n) is 5.60. The lowest BCUT2D eigenvalue weighted by Gasteiger charge is -2.46. The molecule has 1 saturated heterocycles. The minimum absolute atomic E-state index is 0.0201. The number of hydrogen-bond donors (Lipinski definition) is 1. The van der Waals surface area contributed by atoms with Crippen LogP contribution in [0.5, 0.6) is 0 Å². The van der Waals surface area contributed by atoms with Crippen molar-refractivity contribution in [2.24, 2.45) is 0 Å². The molecule has 0 radical (unpaired) electrons. The molecule has 106 valence electrons. The topological polar surface area (TPSA) is 45.6 Å². The Morgan fingerprint density at radius 3 is 2.74 bits per heavy atom. The third-order valence-electron chi connectivity index (χ3n) is 4.61. The summed E-state index contributed by atoms with van der Waals surface area (Å²) in [5, 5.41) is 10.8. The fourth-order valence-corrected chi connectivity index (χ4v) is 4.21. The van der Waals surface area contributed by atoms with Crippen LogP contribution in [0.25, 0.3) is 0 Å². The molecule has 1 aromatic rings. The van der Waals surface area contributed by atoms with Crippen LogP contribution in [0.3, 0.4) is 0 Å². The summed E-state index contributed by atoms with van der Waals surface area (Å²) in [4.78, 5) is 7.78. The predicted octanol–water partition coefficient (Wildman–Crippen LogP) is 1.69. The Balaban J connectivity index is 1.75. The SMILES string of the molecule is OC(Cc1cncs1)C1(N2CCOCC2)CCCC1. The molecule has 3 rings (SSSR count). The third-order valence-corrected chi connectivity index (χ3v) is 5.41. The molecule has 2 aliphatic rings. The summed E-state index contributed by atoms with van der Waals surface area (Å²) in [6.07, 6.45) is 7.04. The predicted molar refractivity (Wildman–Crippen MR) is 75.4 cm³/mol. The zero-order valence-electron chi connectivity index (χ0n) is 11.3. The van der Waals surface area contributed by atoms with Crippen molar-refractivity contribution in [3.8, 4) is 0 Å². The maximum atomic E-state index is 10.8. The van der Waals surface area contributed by atoms with Gasteiger partial charge >= 0.3 is 0 Å². The van der Waals surface area contributed by atoms with E-state index in [4.69, 9.17) is 4.74 Å². The number of thiazole rings is 1. The van der Waals surface area contributed by atoms with Gasteiger partial charge in [-0.3, -0.25) is 9.88 Å². The Kier molecular flexibility index (Phi) is 4.17. The molecule has 1 aliphatic carbocycles. The number of aliphatic hydroxyl groups is 1. The summed E-state index contributed by atoms with van der Waals surface area (Å²) in [5.74, 6) is 0. The Labute approximate surface area is 118 Å². The van der Waals surface area contributed by atoms with E-state index in [1.807, 2.05) is 11.7 Å². The van der Waals surface area contributed by atoms with Gasteiger partial charge in [0.05, 0.1) is 24.8 Å². The van der Waals surface area contributed by atoms with Crippen LogP contribution in [0.2, 0.25) is 0 Å². The maximum Gasteiger partial charge on any atom is 0.0794 e. The van der Waals surface area contributed by atoms with Crippen LogP contribution in [0.4, 0.5) is 0 Å². The van der Waals surface area contributed by atoms with Gasteiger partial charge in [-0.25, -0.2) is 0 Å². The summed E-state index contributed by atoms with van der Waals surface area (Å²) in [7, 11) is 0. The van der Waals surface area contributed by atoms with E-state index in [1.165, 1.54) is 17.7 Å². The number of ether oxygens (including phenoxy) is 1. The van der Waals surface area contributed by atoms with E-state index < -0.39 is 0 Å². The molecular formula is C14H22N2O2S. The molecule has 0 spiro atoms. The van der Waals surface area contributed by atoms with Gasteiger partial charge < -0.3 is 9.84 Å². The molecule has 0 aromatic carbocycles. The van der Waals surface area contributed by atoms with E-state index in [-0.39, 0.29) is 11.6 Å². The maximum absolute atomic E-state index is 10.8. The van der Waals surface area contributed by atoms with Gasteiger partial charge in [0.2, 0.25) is 0 Å². The lowest BCUT2D eigenvalue weighted by atomic mass is 9.85. The number of morpholine rings is 1. The van der Waals surface area contributed by atoms with Crippen molar-refractivity contribution in [3.05, 3.63) is 16.6 Å². The highest BCUT2D eigenvalue weighted by molar-refractivity contribution is 7.09. The van der Waals surface area contributed by atoms with Gasteiger partial charge in [-0.1, -0.05) is 12.8 Å². The smallest absolute Gasteiger partial charge is 0.0794 e. The van der Waals surface area contributed by atoms with Gasteiger partial charge in [-0.15, -0.1) is 11.3 Å². The van der Waals surface area contributed by atoms with Gasteiger partial charge in [0.25, 0.3) is 0 Å². The van der Waals surface area contributed by atoms with E-state index in [9.17, 15) is 5.11 Å². The van der Waals surface area contributed by atoms with Crippen LogP contribution in [0.1, 0.15) is 30.6 Å². The van der Waals surface area contributed by atoms with Crippen molar-refractivity contribution in [2.75, 3.05) is 26.3 Å². The van der Waals surface area contributed by atoms with Gasteiger partial charge in [0.1, 0.15) is 0 Å². The molecule has 19 heavy (non-hydrogen) atoms. The van der Waals surface area contributed by atoms with Crippen LogP contribution >= 0.6 is 11.3 Å². The number of nitrogens with zero attached hydrogens (tertiary/aromatic N) is 2. The summed E-state index contributed by atoms with van der Waals surface area (Å²) in [6.45, 7) is 3.52. The molecule has 1 aliphatic heterocycles. The minimum atomic E-state index is -0.284. The first-order valence-electron chi connectivity index (χ1n) is 7.19. The minimum Gasteiger partial charge on any atom is -0.391 e. The molecule has 0 amide bonds. The zero-order chi connectivity index (χ0) is 13.1. The van der Waals surface area contributed by atoms with E-state index in [0.717, 1.165) is 45.6 Å².